The van der Waals surface area contributed by atoms with Crippen LogP contribution in [0.3, 0.4) is 0 Å². The van der Waals surface area contributed by atoms with Gasteiger partial charge in [-0.3, -0.25) is 9.88 Å². The van der Waals surface area contributed by atoms with E-state index in [-0.39, 0.29) is 12.1 Å². The maximum Gasteiger partial charge on any atom is 0.320 e. The number of nitrogens with one attached hydrogen (secondary N) is 2. The Labute approximate surface area is 171 Å². The number of anilines is 1. The first-order chi connectivity index (χ1) is 14.2. The number of urea groups is 1. The van der Waals surface area contributed by atoms with E-state index in [2.05, 4.69) is 63.7 Å². The smallest absolute Gasteiger partial charge is 0.320 e. The van der Waals surface area contributed by atoms with Crippen LogP contribution in [0.25, 0.3) is 16.9 Å². The molecular weight excluding hydrogens is 364 g/mol. The number of benzene rings is 1. The van der Waals surface area contributed by atoms with Gasteiger partial charge in [-0.05, 0) is 42.9 Å². The molecule has 0 spiro atoms. The van der Waals surface area contributed by atoms with Crippen molar-refractivity contribution >= 4 is 23.0 Å². The summed E-state index contributed by atoms with van der Waals surface area (Å²) in [5.41, 5.74) is 3.55. The second-order valence-corrected chi connectivity index (χ2v) is 7.84. The van der Waals surface area contributed by atoms with Crippen LogP contribution in [0.2, 0.25) is 0 Å². The van der Waals surface area contributed by atoms with Crippen molar-refractivity contribution in [3.63, 3.8) is 0 Å². The number of amides is 2. The molecule has 29 heavy (non-hydrogen) atoms. The van der Waals surface area contributed by atoms with Crippen molar-refractivity contribution in [2.75, 3.05) is 5.32 Å². The van der Waals surface area contributed by atoms with E-state index in [0.717, 1.165) is 24.9 Å². The summed E-state index contributed by atoms with van der Waals surface area (Å²) in [7, 11) is 0. The van der Waals surface area contributed by atoms with Crippen LogP contribution in [0.1, 0.15) is 63.9 Å². The summed E-state index contributed by atoms with van der Waals surface area (Å²) in [6, 6.07) is 8.45. The summed E-state index contributed by atoms with van der Waals surface area (Å²) in [6.45, 7) is 4.42. The van der Waals surface area contributed by atoms with Crippen molar-refractivity contribution < 1.29 is 4.79 Å². The number of carbonyl (C=O) groups is 1. The van der Waals surface area contributed by atoms with E-state index in [4.69, 9.17) is 0 Å². The van der Waals surface area contributed by atoms with Gasteiger partial charge in [-0.25, -0.2) is 19.7 Å². The highest BCUT2D eigenvalue weighted by molar-refractivity contribution is 5.96. The fraction of sp³-hybridized carbons (Fsp3) is 0.455. The van der Waals surface area contributed by atoms with Crippen molar-refractivity contribution in [2.45, 2.75) is 64.3 Å². The molecule has 0 bridgehead atoms. The molecule has 2 N–H and O–H groups in total. The van der Waals surface area contributed by atoms with Gasteiger partial charge < -0.3 is 5.32 Å². The lowest BCUT2D eigenvalue weighted by Crippen LogP contribution is -2.39. The number of nitrogens with zero attached hydrogens (tertiary/aromatic N) is 4. The Morgan fingerprint density at radius 2 is 1.90 bits per heavy atom. The Morgan fingerprint density at radius 1 is 1.14 bits per heavy atom. The maximum absolute atomic E-state index is 12.4. The third-order valence-electron chi connectivity index (χ3n) is 5.86. The van der Waals surface area contributed by atoms with Gasteiger partial charge in [-0.15, -0.1) is 0 Å². The molecule has 1 aliphatic rings. The van der Waals surface area contributed by atoms with Gasteiger partial charge in [0.1, 0.15) is 12.7 Å². The van der Waals surface area contributed by atoms with E-state index in [1.54, 1.807) is 6.33 Å². The number of rotatable bonds is 5. The van der Waals surface area contributed by atoms with Gasteiger partial charge in [-0.1, -0.05) is 45.2 Å². The minimum absolute atomic E-state index is 0.232. The number of fused-ring (bicyclic) bond motifs is 1. The van der Waals surface area contributed by atoms with Gasteiger partial charge in [0, 0.05) is 11.7 Å². The Hall–Kier alpha value is -2.96. The molecule has 1 aromatic carbocycles. The Bertz CT molecular complexity index is 975. The largest absolute Gasteiger partial charge is 0.335 e. The van der Waals surface area contributed by atoms with E-state index >= 15 is 0 Å². The highest BCUT2D eigenvalue weighted by atomic mass is 16.2. The molecular formula is C22H28N6O. The first-order valence-electron chi connectivity index (χ1n) is 10.5. The van der Waals surface area contributed by atoms with Crippen LogP contribution in [0, 0.1) is 0 Å². The summed E-state index contributed by atoms with van der Waals surface area (Å²) in [6.07, 6.45) is 9.96. The number of imidazole rings is 1. The van der Waals surface area contributed by atoms with Crippen LogP contribution < -0.4 is 10.6 Å². The highest BCUT2D eigenvalue weighted by Gasteiger charge is 2.18. The van der Waals surface area contributed by atoms with Gasteiger partial charge in [0.15, 0.2) is 17.0 Å². The number of hydrogen-bond donors (Lipinski definition) is 2. The van der Waals surface area contributed by atoms with E-state index in [0.29, 0.717) is 22.9 Å². The average Bonchev–Trinajstić information content (AvgIpc) is 3.19. The number of aromatic nitrogens is 4. The standard InChI is InChI=1S/C22H28N6O/c1-3-15(2)16-9-11-18(12-10-16)28-14-25-19-20(23-13-24-21(19)28)27-22(29)26-17-7-5-4-6-8-17/h9-15,17H,3-8H2,1-2H3,(H2,23,24,26,27,29). The summed E-state index contributed by atoms with van der Waals surface area (Å²) >= 11 is 0. The minimum atomic E-state index is -0.232. The van der Waals surface area contributed by atoms with Crippen LogP contribution in [-0.2, 0) is 0 Å². The fourth-order valence-electron chi connectivity index (χ4n) is 3.89. The molecule has 0 radical (unpaired) electrons. The zero-order chi connectivity index (χ0) is 20.2. The molecule has 1 aliphatic carbocycles. The molecule has 1 fully saturated rings. The SMILES string of the molecule is CCC(C)c1ccc(-n2cnc3c(NC(=O)NC4CCCCC4)ncnc32)cc1. The molecule has 7 heteroatoms. The van der Waals surface area contributed by atoms with Crippen LogP contribution in [-0.4, -0.2) is 31.6 Å². The maximum atomic E-state index is 12.4. The lowest BCUT2D eigenvalue weighted by Gasteiger charge is -2.22. The summed E-state index contributed by atoms with van der Waals surface area (Å²) < 4.78 is 1.92. The molecule has 3 aromatic rings. The van der Waals surface area contributed by atoms with Crippen molar-refractivity contribution in [2.24, 2.45) is 0 Å². The molecule has 2 aromatic heterocycles. The van der Waals surface area contributed by atoms with Crippen LogP contribution >= 0.6 is 0 Å². The number of carbonyl (C=O) groups excluding carboxylic acids is 1. The topological polar surface area (TPSA) is 84.7 Å². The van der Waals surface area contributed by atoms with E-state index in [1.807, 2.05) is 4.57 Å². The Morgan fingerprint density at radius 3 is 2.62 bits per heavy atom. The lowest BCUT2D eigenvalue weighted by molar-refractivity contribution is 0.244. The van der Waals surface area contributed by atoms with Gasteiger partial charge in [0.05, 0.1) is 0 Å². The van der Waals surface area contributed by atoms with Crippen molar-refractivity contribution in [1.29, 1.82) is 0 Å². The summed E-state index contributed by atoms with van der Waals surface area (Å²) in [5.74, 6) is 0.961. The van der Waals surface area contributed by atoms with Crippen molar-refractivity contribution in [3.8, 4) is 5.69 Å². The highest BCUT2D eigenvalue weighted by Crippen LogP contribution is 2.24. The molecule has 0 saturated heterocycles. The number of hydrogen-bond acceptors (Lipinski definition) is 4. The Balaban J connectivity index is 1.54. The molecule has 152 valence electrons. The van der Waals surface area contributed by atoms with Crippen molar-refractivity contribution in [1.82, 2.24) is 24.8 Å². The fourth-order valence-corrected chi connectivity index (χ4v) is 3.89. The van der Waals surface area contributed by atoms with E-state index < -0.39 is 0 Å². The summed E-state index contributed by atoms with van der Waals surface area (Å²) in [4.78, 5) is 25.5. The normalized spacial score (nSPS) is 15.9. The quantitative estimate of drug-likeness (QED) is 0.654. The molecule has 4 rings (SSSR count). The molecule has 0 aliphatic heterocycles. The minimum Gasteiger partial charge on any atom is -0.335 e. The Kier molecular flexibility index (Phi) is 5.74. The average molecular weight is 393 g/mol. The van der Waals surface area contributed by atoms with Crippen LogP contribution in [0.15, 0.2) is 36.9 Å². The molecule has 1 saturated carbocycles. The monoisotopic (exact) mass is 392 g/mol. The second-order valence-electron chi connectivity index (χ2n) is 7.84. The first-order valence-corrected chi connectivity index (χ1v) is 10.5. The molecule has 1 unspecified atom stereocenters. The van der Waals surface area contributed by atoms with Gasteiger partial charge in [-0.2, -0.15) is 0 Å². The van der Waals surface area contributed by atoms with Crippen LogP contribution in [0.4, 0.5) is 10.6 Å². The van der Waals surface area contributed by atoms with Crippen LogP contribution in [0.5, 0.6) is 0 Å². The van der Waals surface area contributed by atoms with Gasteiger partial charge in [0.2, 0.25) is 0 Å². The molecule has 2 heterocycles. The zero-order valence-corrected chi connectivity index (χ0v) is 17.1. The molecule has 2 amide bonds. The van der Waals surface area contributed by atoms with E-state index in [1.165, 1.54) is 31.2 Å². The summed E-state index contributed by atoms with van der Waals surface area (Å²) in [5, 5.41) is 5.90. The first kappa shape index (κ1) is 19.4. The van der Waals surface area contributed by atoms with Gasteiger partial charge in [0.25, 0.3) is 0 Å². The lowest BCUT2D eigenvalue weighted by atomic mass is 9.96. The molecule has 1 atom stereocenters. The van der Waals surface area contributed by atoms with Gasteiger partial charge >= 0.3 is 6.03 Å². The third kappa shape index (κ3) is 4.23. The molecule has 7 nitrogen and oxygen atoms in total. The van der Waals surface area contributed by atoms with E-state index in [9.17, 15) is 4.79 Å². The predicted molar refractivity (Wildman–Crippen MR) is 114 cm³/mol. The van der Waals surface area contributed by atoms with Crippen molar-refractivity contribution in [3.05, 3.63) is 42.5 Å². The third-order valence-corrected chi connectivity index (χ3v) is 5.86. The zero-order valence-electron chi connectivity index (χ0n) is 17.1. The second kappa shape index (κ2) is 8.59. The predicted octanol–water partition coefficient (Wildman–Crippen LogP) is 4.78.